The van der Waals surface area contributed by atoms with Gasteiger partial charge in [-0.15, -0.1) is 0 Å². The van der Waals surface area contributed by atoms with Crippen LogP contribution in [0.15, 0.2) is 18.2 Å². The first-order chi connectivity index (χ1) is 10.0. The molecule has 1 N–H and O–H groups in total. The SMILES string of the molecule is CC(C)C(=O)Nc1cc(B2OC(C)(C)C(C)(C)O2)ccc1Cl. The number of hydrogen-bond acceptors (Lipinski definition) is 3. The molecule has 0 aromatic heterocycles. The predicted octanol–water partition coefficient (Wildman–Crippen LogP) is 3.23. The summed E-state index contributed by atoms with van der Waals surface area (Å²) < 4.78 is 12.0. The molecule has 1 fully saturated rings. The zero-order valence-corrected chi connectivity index (χ0v) is 14.7. The highest BCUT2D eigenvalue weighted by Gasteiger charge is 2.51. The van der Waals surface area contributed by atoms with Crippen LogP contribution in [0.25, 0.3) is 0 Å². The van der Waals surface area contributed by atoms with Crippen LogP contribution in [0.2, 0.25) is 5.02 Å². The Bertz CT molecular complexity index is 571. The standard InChI is InChI=1S/C16H23BClNO3/c1-10(2)14(20)19-13-9-11(7-8-12(13)18)17-21-15(3,4)16(5,6)22-17/h7-10H,1-6H3,(H,19,20). The quantitative estimate of drug-likeness (QED) is 0.869. The molecule has 2 rings (SSSR count). The molecule has 1 saturated heterocycles. The Kier molecular flexibility index (Phi) is 4.62. The third-order valence-corrected chi connectivity index (χ3v) is 4.63. The van der Waals surface area contributed by atoms with Gasteiger partial charge in [0.1, 0.15) is 0 Å². The molecule has 0 radical (unpaired) electrons. The van der Waals surface area contributed by atoms with Gasteiger partial charge in [-0.1, -0.05) is 31.5 Å². The molecule has 0 saturated carbocycles. The predicted molar refractivity (Wildman–Crippen MR) is 90.6 cm³/mol. The maximum Gasteiger partial charge on any atom is 0.494 e. The summed E-state index contributed by atoms with van der Waals surface area (Å²) in [5, 5.41) is 3.33. The van der Waals surface area contributed by atoms with Gasteiger partial charge in [-0.3, -0.25) is 4.79 Å². The van der Waals surface area contributed by atoms with E-state index in [2.05, 4.69) is 5.32 Å². The van der Waals surface area contributed by atoms with Crippen molar-refractivity contribution in [3.63, 3.8) is 0 Å². The average molecular weight is 324 g/mol. The molecule has 1 aromatic carbocycles. The highest BCUT2D eigenvalue weighted by molar-refractivity contribution is 6.62. The van der Waals surface area contributed by atoms with E-state index in [4.69, 9.17) is 20.9 Å². The van der Waals surface area contributed by atoms with Crippen molar-refractivity contribution in [2.45, 2.75) is 52.7 Å². The zero-order chi connectivity index (χ0) is 16.7. The average Bonchev–Trinajstić information content (AvgIpc) is 2.60. The van der Waals surface area contributed by atoms with Gasteiger partial charge in [0.15, 0.2) is 0 Å². The molecule has 4 nitrogen and oxygen atoms in total. The number of carbonyl (C=O) groups excluding carboxylic acids is 1. The second-order valence-electron chi connectivity index (χ2n) is 6.97. The third kappa shape index (κ3) is 3.32. The molecule has 1 aliphatic rings. The third-order valence-electron chi connectivity index (χ3n) is 4.30. The van der Waals surface area contributed by atoms with Crippen LogP contribution in [0.1, 0.15) is 41.5 Å². The van der Waals surface area contributed by atoms with Crippen LogP contribution >= 0.6 is 11.6 Å². The number of nitrogens with one attached hydrogen (secondary N) is 1. The Hall–Kier alpha value is -1.04. The number of benzene rings is 1. The molecule has 22 heavy (non-hydrogen) atoms. The lowest BCUT2D eigenvalue weighted by Gasteiger charge is -2.32. The Balaban J connectivity index is 2.26. The van der Waals surface area contributed by atoms with Gasteiger partial charge in [0.2, 0.25) is 5.91 Å². The molecule has 6 heteroatoms. The second-order valence-corrected chi connectivity index (χ2v) is 7.38. The molecular weight excluding hydrogens is 300 g/mol. The summed E-state index contributed by atoms with van der Waals surface area (Å²) in [6.45, 7) is 11.7. The Labute approximate surface area is 137 Å². The normalized spacial score (nSPS) is 19.5. The minimum Gasteiger partial charge on any atom is -0.399 e. The number of amides is 1. The fourth-order valence-corrected chi connectivity index (χ4v) is 2.21. The van der Waals surface area contributed by atoms with Gasteiger partial charge in [0, 0.05) is 5.92 Å². The first kappa shape index (κ1) is 17.3. The van der Waals surface area contributed by atoms with Crippen molar-refractivity contribution >= 4 is 35.8 Å². The van der Waals surface area contributed by atoms with Gasteiger partial charge in [-0.2, -0.15) is 0 Å². The van der Waals surface area contributed by atoms with Crippen molar-refractivity contribution < 1.29 is 14.1 Å². The molecule has 0 unspecified atom stereocenters. The minimum atomic E-state index is -0.475. The Morgan fingerprint density at radius 2 is 1.73 bits per heavy atom. The van der Waals surface area contributed by atoms with E-state index in [0.717, 1.165) is 5.46 Å². The largest absolute Gasteiger partial charge is 0.494 e. The summed E-state index contributed by atoms with van der Waals surface area (Å²) in [5.41, 5.74) is 0.604. The number of carbonyl (C=O) groups is 1. The Morgan fingerprint density at radius 3 is 2.23 bits per heavy atom. The van der Waals surface area contributed by atoms with Gasteiger partial charge in [-0.05, 0) is 45.3 Å². The first-order valence-corrected chi connectivity index (χ1v) is 7.87. The van der Waals surface area contributed by atoms with Crippen LogP contribution in [-0.4, -0.2) is 24.2 Å². The number of hydrogen-bond donors (Lipinski definition) is 1. The van der Waals surface area contributed by atoms with Crippen LogP contribution in [0.4, 0.5) is 5.69 Å². The van der Waals surface area contributed by atoms with Crippen molar-refractivity contribution in [1.29, 1.82) is 0 Å². The highest BCUT2D eigenvalue weighted by Crippen LogP contribution is 2.36. The van der Waals surface area contributed by atoms with Crippen LogP contribution < -0.4 is 10.8 Å². The van der Waals surface area contributed by atoms with Crippen molar-refractivity contribution in [3.05, 3.63) is 23.2 Å². The molecule has 1 amide bonds. The molecule has 0 aliphatic carbocycles. The van der Waals surface area contributed by atoms with E-state index in [1.165, 1.54) is 0 Å². The fourth-order valence-electron chi connectivity index (χ4n) is 2.04. The number of rotatable bonds is 3. The monoisotopic (exact) mass is 323 g/mol. The van der Waals surface area contributed by atoms with Crippen LogP contribution in [0, 0.1) is 5.92 Å². The molecule has 0 atom stereocenters. The van der Waals surface area contributed by atoms with E-state index < -0.39 is 18.3 Å². The molecular formula is C16H23BClNO3. The molecule has 1 heterocycles. The summed E-state index contributed by atoms with van der Waals surface area (Å²) in [7, 11) is -0.475. The molecule has 0 bridgehead atoms. The van der Waals surface area contributed by atoms with E-state index in [1.807, 2.05) is 53.7 Å². The van der Waals surface area contributed by atoms with E-state index in [-0.39, 0.29) is 11.8 Å². The van der Waals surface area contributed by atoms with Gasteiger partial charge >= 0.3 is 7.12 Å². The van der Waals surface area contributed by atoms with Crippen molar-refractivity contribution in [2.75, 3.05) is 5.32 Å². The first-order valence-electron chi connectivity index (χ1n) is 7.49. The minimum absolute atomic E-state index is 0.0760. The molecule has 0 spiro atoms. The second kappa shape index (κ2) is 5.87. The van der Waals surface area contributed by atoms with E-state index in [0.29, 0.717) is 10.7 Å². The van der Waals surface area contributed by atoms with Crippen LogP contribution in [-0.2, 0) is 14.1 Å². The van der Waals surface area contributed by atoms with Crippen molar-refractivity contribution in [1.82, 2.24) is 0 Å². The maximum absolute atomic E-state index is 11.9. The topological polar surface area (TPSA) is 47.6 Å². The van der Waals surface area contributed by atoms with E-state index in [9.17, 15) is 4.79 Å². The summed E-state index contributed by atoms with van der Waals surface area (Å²) in [5.74, 6) is -0.190. The lowest BCUT2D eigenvalue weighted by Crippen LogP contribution is -2.41. The van der Waals surface area contributed by atoms with Crippen molar-refractivity contribution in [2.24, 2.45) is 5.92 Å². The summed E-state index contributed by atoms with van der Waals surface area (Å²) in [4.78, 5) is 11.9. The fraction of sp³-hybridized carbons (Fsp3) is 0.562. The summed E-state index contributed by atoms with van der Waals surface area (Å²) in [6.07, 6.45) is 0. The smallest absolute Gasteiger partial charge is 0.399 e. The maximum atomic E-state index is 11.9. The van der Waals surface area contributed by atoms with Crippen LogP contribution in [0.5, 0.6) is 0 Å². The molecule has 120 valence electrons. The van der Waals surface area contributed by atoms with Gasteiger partial charge in [0.05, 0.1) is 21.9 Å². The van der Waals surface area contributed by atoms with Gasteiger partial charge < -0.3 is 14.6 Å². The van der Waals surface area contributed by atoms with Gasteiger partial charge in [0.25, 0.3) is 0 Å². The highest BCUT2D eigenvalue weighted by atomic mass is 35.5. The van der Waals surface area contributed by atoms with Crippen LogP contribution in [0.3, 0.4) is 0 Å². The summed E-state index contributed by atoms with van der Waals surface area (Å²) >= 11 is 6.17. The Morgan fingerprint density at radius 1 is 1.18 bits per heavy atom. The molecule has 1 aromatic rings. The van der Waals surface area contributed by atoms with Crippen molar-refractivity contribution in [3.8, 4) is 0 Å². The van der Waals surface area contributed by atoms with Gasteiger partial charge in [-0.25, -0.2) is 0 Å². The summed E-state index contributed by atoms with van der Waals surface area (Å²) in [6, 6.07) is 5.41. The van der Waals surface area contributed by atoms with E-state index >= 15 is 0 Å². The number of anilines is 1. The van der Waals surface area contributed by atoms with E-state index in [1.54, 1.807) is 6.07 Å². The lowest BCUT2D eigenvalue weighted by molar-refractivity contribution is -0.118. The zero-order valence-electron chi connectivity index (χ0n) is 14.0. The molecule has 1 aliphatic heterocycles. The number of halogens is 1. The lowest BCUT2D eigenvalue weighted by atomic mass is 9.79.